The smallest absolute Gasteiger partial charge is 0.131 e. The molecular weight excluding hydrogens is 198 g/mol. The summed E-state index contributed by atoms with van der Waals surface area (Å²) in [5.74, 6) is 1.62. The topological polar surface area (TPSA) is 29.0 Å². The fraction of sp³-hybridized carbons (Fsp3) is 0.600. The van der Waals surface area contributed by atoms with Crippen LogP contribution in [-0.2, 0) is 5.88 Å². The Morgan fingerprint density at radius 1 is 1.43 bits per heavy atom. The number of halogens is 1. The van der Waals surface area contributed by atoms with E-state index in [1.807, 2.05) is 25.2 Å². The zero-order chi connectivity index (χ0) is 10.7. The van der Waals surface area contributed by atoms with Gasteiger partial charge in [0.25, 0.3) is 0 Å². The van der Waals surface area contributed by atoms with Crippen molar-refractivity contribution >= 4 is 17.3 Å². The molecule has 1 rings (SSSR count). The lowest BCUT2D eigenvalue weighted by molar-refractivity contribution is 0.762. The van der Waals surface area contributed by atoms with Gasteiger partial charge in [-0.3, -0.25) is 0 Å². The minimum atomic E-state index is 0.341. The first-order valence-electron chi connectivity index (χ1n) is 4.65. The largest absolute Gasteiger partial charge is 0.375 e. The second kappa shape index (κ2) is 4.60. The lowest BCUT2D eigenvalue weighted by Gasteiger charge is -2.16. The third kappa shape index (κ3) is 2.35. The molecule has 0 saturated heterocycles. The molecule has 0 aliphatic carbocycles. The van der Waals surface area contributed by atoms with Crippen LogP contribution in [0.15, 0.2) is 6.20 Å². The summed E-state index contributed by atoms with van der Waals surface area (Å²) in [6.45, 7) is 4.14. The highest BCUT2D eigenvalue weighted by Gasteiger charge is 2.09. The third-order valence-electron chi connectivity index (χ3n) is 1.99. The van der Waals surface area contributed by atoms with Crippen LogP contribution in [0.3, 0.4) is 0 Å². The van der Waals surface area contributed by atoms with E-state index in [2.05, 4.69) is 23.8 Å². The number of hydrogen-bond donors (Lipinski definition) is 0. The van der Waals surface area contributed by atoms with Gasteiger partial charge in [0.2, 0.25) is 0 Å². The first-order valence-corrected chi connectivity index (χ1v) is 5.18. The molecule has 0 radical (unpaired) electrons. The minimum absolute atomic E-state index is 0.341. The van der Waals surface area contributed by atoms with E-state index in [0.29, 0.717) is 11.8 Å². The van der Waals surface area contributed by atoms with Crippen molar-refractivity contribution < 1.29 is 0 Å². The van der Waals surface area contributed by atoms with Gasteiger partial charge in [-0.25, -0.2) is 9.97 Å². The van der Waals surface area contributed by atoms with Crippen molar-refractivity contribution in [3.05, 3.63) is 17.7 Å². The molecule has 0 amide bonds. The molecule has 0 aliphatic rings. The van der Waals surface area contributed by atoms with Crippen molar-refractivity contribution in [2.24, 2.45) is 0 Å². The van der Waals surface area contributed by atoms with Crippen molar-refractivity contribution in [1.82, 2.24) is 9.97 Å². The van der Waals surface area contributed by atoms with E-state index in [1.54, 1.807) is 0 Å². The van der Waals surface area contributed by atoms with Crippen LogP contribution in [-0.4, -0.2) is 24.1 Å². The van der Waals surface area contributed by atoms with Crippen LogP contribution in [0.2, 0.25) is 0 Å². The van der Waals surface area contributed by atoms with E-state index >= 15 is 0 Å². The molecule has 78 valence electrons. The van der Waals surface area contributed by atoms with Crippen molar-refractivity contribution in [2.45, 2.75) is 25.6 Å². The van der Waals surface area contributed by atoms with E-state index in [-0.39, 0.29) is 0 Å². The van der Waals surface area contributed by atoms with Crippen molar-refractivity contribution in [3.63, 3.8) is 0 Å². The van der Waals surface area contributed by atoms with Crippen LogP contribution in [0.25, 0.3) is 0 Å². The molecule has 0 aromatic carbocycles. The van der Waals surface area contributed by atoms with Crippen LogP contribution in [0.4, 0.5) is 5.69 Å². The van der Waals surface area contributed by atoms with E-state index < -0.39 is 0 Å². The lowest BCUT2D eigenvalue weighted by atomic mass is 10.2. The zero-order valence-corrected chi connectivity index (χ0v) is 9.84. The van der Waals surface area contributed by atoms with Gasteiger partial charge in [-0.2, -0.15) is 0 Å². The first kappa shape index (κ1) is 11.2. The highest BCUT2D eigenvalue weighted by atomic mass is 35.5. The van der Waals surface area contributed by atoms with Gasteiger partial charge in [0.05, 0.1) is 23.5 Å². The van der Waals surface area contributed by atoms with Gasteiger partial charge in [-0.05, 0) is 0 Å². The normalized spacial score (nSPS) is 10.7. The van der Waals surface area contributed by atoms with Gasteiger partial charge in [0, 0.05) is 20.0 Å². The predicted molar refractivity (Wildman–Crippen MR) is 60.0 cm³/mol. The Labute approximate surface area is 90.1 Å². The van der Waals surface area contributed by atoms with E-state index in [4.69, 9.17) is 11.6 Å². The second-order valence-electron chi connectivity index (χ2n) is 3.74. The quantitative estimate of drug-likeness (QED) is 0.723. The summed E-state index contributed by atoms with van der Waals surface area (Å²) < 4.78 is 0. The van der Waals surface area contributed by atoms with Gasteiger partial charge in [0.15, 0.2) is 0 Å². The maximum absolute atomic E-state index is 5.84. The molecule has 1 aromatic rings. The summed E-state index contributed by atoms with van der Waals surface area (Å²) in [7, 11) is 3.92. The summed E-state index contributed by atoms with van der Waals surface area (Å²) in [4.78, 5) is 10.7. The highest BCUT2D eigenvalue weighted by Crippen LogP contribution is 2.19. The van der Waals surface area contributed by atoms with Crippen LogP contribution < -0.4 is 4.90 Å². The Morgan fingerprint density at radius 2 is 2.07 bits per heavy atom. The predicted octanol–water partition coefficient (Wildman–Crippen LogP) is 2.40. The first-order chi connectivity index (χ1) is 6.56. The Balaban J connectivity index is 3.11. The minimum Gasteiger partial charge on any atom is -0.375 e. The zero-order valence-electron chi connectivity index (χ0n) is 9.08. The Hall–Kier alpha value is -0.830. The molecule has 0 aliphatic heterocycles. The third-order valence-corrected chi connectivity index (χ3v) is 2.24. The Bertz CT molecular complexity index is 310. The highest BCUT2D eigenvalue weighted by molar-refractivity contribution is 6.17. The van der Waals surface area contributed by atoms with Gasteiger partial charge in [-0.1, -0.05) is 13.8 Å². The van der Waals surface area contributed by atoms with Crippen molar-refractivity contribution in [1.29, 1.82) is 0 Å². The molecule has 0 fully saturated rings. The number of aromatic nitrogens is 2. The summed E-state index contributed by atoms with van der Waals surface area (Å²) in [6.07, 6.45) is 1.83. The van der Waals surface area contributed by atoms with Gasteiger partial charge >= 0.3 is 0 Å². The molecule has 3 nitrogen and oxygen atoms in total. The molecular formula is C10H16ClN3. The molecule has 0 atom stereocenters. The van der Waals surface area contributed by atoms with Crippen molar-refractivity contribution in [3.8, 4) is 0 Å². The number of alkyl halides is 1. The maximum atomic E-state index is 5.84. The molecule has 14 heavy (non-hydrogen) atoms. The van der Waals surface area contributed by atoms with Crippen LogP contribution in [0.5, 0.6) is 0 Å². The molecule has 4 heteroatoms. The van der Waals surface area contributed by atoms with Gasteiger partial charge < -0.3 is 4.90 Å². The van der Waals surface area contributed by atoms with Crippen molar-refractivity contribution in [2.75, 3.05) is 19.0 Å². The summed E-state index contributed by atoms with van der Waals surface area (Å²) in [6, 6.07) is 0. The summed E-state index contributed by atoms with van der Waals surface area (Å²) in [5.41, 5.74) is 1.89. The average Bonchev–Trinajstić information content (AvgIpc) is 2.16. The van der Waals surface area contributed by atoms with E-state index in [1.165, 1.54) is 0 Å². The lowest BCUT2D eigenvalue weighted by Crippen LogP contribution is -2.14. The number of nitrogens with zero attached hydrogens (tertiary/aromatic N) is 3. The SMILES string of the molecule is CC(C)c1ncc(N(C)C)c(CCl)n1. The molecule has 0 N–H and O–H groups in total. The average molecular weight is 214 g/mol. The van der Waals surface area contributed by atoms with Gasteiger partial charge in [-0.15, -0.1) is 11.6 Å². The Kier molecular flexibility index (Phi) is 3.69. The van der Waals surface area contributed by atoms with E-state index in [0.717, 1.165) is 17.2 Å². The molecule has 1 aromatic heterocycles. The van der Waals surface area contributed by atoms with Gasteiger partial charge in [0.1, 0.15) is 5.82 Å². The Morgan fingerprint density at radius 3 is 2.50 bits per heavy atom. The summed E-state index contributed by atoms with van der Waals surface area (Å²) >= 11 is 5.84. The fourth-order valence-corrected chi connectivity index (χ4v) is 1.37. The molecule has 0 unspecified atom stereocenters. The van der Waals surface area contributed by atoms with Crippen LogP contribution in [0, 0.1) is 0 Å². The monoisotopic (exact) mass is 213 g/mol. The molecule has 0 saturated carbocycles. The van der Waals surface area contributed by atoms with Crippen LogP contribution in [0.1, 0.15) is 31.3 Å². The molecule has 1 heterocycles. The molecule has 0 spiro atoms. The number of anilines is 1. The summed E-state index contributed by atoms with van der Waals surface area (Å²) in [5, 5.41) is 0. The standard InChI is InChI=1S/C10H16ClN3/c1-7(2)10-12-6-9(14(3)4)8(5-11)13-10/h6-7H,5H2,1-4H3. The fourth-order valence-electron chi connectivity index (χ4n) is 1.18. The number of hydrogen-bond acceptors (Lipinski definition) is 3. The maximum Gasteiger partial charge on any atom is 0.131 e. The second-order valence-corrected chi connectivity index (χ2v) is 4.01. The number of rotatable bonds is 3. The van der Waals surface area contributed by atoms with Crippen LogP contribution >= 0.6 is 11.6 Å². The van der Waals surface area contributed by atoms with E-state index in [9.17, 15) is 0 Å². The molecule has 0 bridgehead atoms.